The lowest BCUT2D eigenvalue weighted by molar-refractivity contribution is -0.138. The smallest absolute Gasteiger partial charge is 0.244 e. The van der Waals surface area contributed by atoms with E-state index in [1.54, 1.807) is 38.1 Å². The minimum Gasteiger partial charge on any atom is -0.355 e. The van der Waals surface area contributed by atoms with Gasteiger partial charge in [0.15, 0.2) is 0 Å². The highest BCUT2D eigenvalue weighted by atomic mass is 79.9. The summed E-state index contributed by atoms with van der Waals surface area (Å²) in [6.07, 6.45) is 1.60. The Hall–Kier alpha value is -2.39. The molecule has 0 heterocycles. The molecule has 0 aliphatic rings. The maximum atomic E-state index is 13.3. The molecule has 0 bridgehead atoms. The number of nitrogens with one attached hydrogen (secondary N) is 1. The summed E-state index contributed by atoms with van der Waals surface area (Å²) in [5.41, 5.74) is 1.39. The van der Waals surface area contributed by atoms with Crippen molar-refractivity contribution in [3.63, 3.8) is 0 Å². The van der Waals surface area contributed by atoms with E-state index in [0.29, 0.717) is 23.1 Å². The number of benzene rings is 2. The molecule has 9 heteroatoms. The van der Waals surface area contributed by atoms with Crippen LogP contribution in [0.4, 0.5) is 5.69 Å². The van der Waals surface area contributed by atoms with Crippen LogP contribution in [0.3, 0.4) is 0 Å². The van der Waals surface area contributed by atoms with Crippen molar-refractivity contribution >= 4 is 43.5 Å². The molecule has 0 radical (unpaired) electrons. The van der Waals surface area contributed by atoms with Crippen LogP contribution in [-0.4, -0.2) is 57.1 Å². The highest BCUT2D eigenvalue weighted by molar-refractivity contribution is 9.10. The number of likely N-dealkylation sites (N-methyl/N-ethyl adjacent to an activating group) is 1. The molecule has 0 aliphatic heterocycles. The van der Waals surface area contributed by atoms with Crippen LogP contribution in [0, 0.1) is 0 Å². The van der Waals surface area contributed by atoms with Gasteiger partial charge in [-0.1, -0.05) is 42.5 Å². The fourth-order valence-electron chi connectivity index (χ4n) is 3.14. The molecule has 0 unspecified atom stereocenters. The molecular formula is C22H28BrN3O4S. The first-order valence-corrected chi connectivity index (χ1v) is 12.6. The third-order valence-corrected chi connectivity index (χ3v) is 6.60. The molecule has 31 heavy (non-hydrogen) atoms. The number of rotatable bonds is 10. The quantitative estimate of drug-likeness (QED) is 0.533. The Kier molecular flexibility index (Phi) is 9.06. The lowest BCUT2D eigenvalue weighted by atomic mass is 10.1. The molecule has 0 saturated heterocycles. The third-order valence-electron chi connectivity index (χ3n) is 4.80. The molecule has 1 atom stereocenters. The van der Waals surface area contributed by atoms with Gasteiger partial charge in [-0.2, -0.15) is 0 Å². The molecule has 7 nitrogen and oxygen atoms in total. The van der Waals surface area contributed by atoms with Gasteiger partial charge in [-0.05, 0) is 53.9 Å². The van der Waals surface area contributed by atoms with Crippen molar-refractivity contribution < 1.29 is 18.0 Å². The Bertz CT molecular complexity index is 999. The fourth-order valence-corrected chi connectivity index (χ4v) is 4.62. The predicted octanol–water partition coefficient (Wildman–Crippen LogP) is 2.81. The van der Waals surface area contributed by atoms with Crippen LogP contribution in [0.25, 0.3) is 0 Å². The molecular weight excluding hydrogens is 482 g/mol. The molecule has 2 rings (SSSR count). The molecule has 0 fully saturated rings. The van der Waals surface area contributed by atoms with E-state index in [1.807, 2.05) is 30.3 Å². The van der Waals surface area contributed by atoms with Crippen LogP contribution < -0.4 is 9.62 Å². The molecule has 0 aliphatic carbocycles. The molecule has 2 aromatic rings. The Labute approximate surface area is 192 Å². The summed E-state index contributed by atoms with van der Waals surface area (Å²) in [5, 5.41) is 2.73. The van der Waals surface area contributed by atoms with Crippen LogP contribution in [-0.2, 0) is 26.0 Å². The second kappa shape index (κ2) is 11.3. The van der Waals surface area contributed by atoms with Crippen LogP contribution >= 0.6 is 15.9 Å². The van der Waals surface area contributed by atoms with Crippen molar-refractivity contribution in [2.75, 3.05) is 30.2 Å². The topological polar surface area (TPSA) is 86.8 Å². The summed E-state index contributed by atoms with van der Waals surface area (Å²) in [4.78, 5) is 27.2. The van der Waals surface area contributed by atoms with Crippen LogP contribution in [0.1, 0.15) is 19.4 Å². The normalized spacial score (nSPS) is 12.1. The van der Waals surface area contributed by atoms with E-state index in [2.05, 4.69) is 21.2 Å². The summed E-state index contributed by atoms with van der Waals surface area (Å²) in [6, 6.07) is 15.7. The zero-order valence-corrected chi connectivity index (χ0v) is 20.3. The maximum absolute atomic E-state index is 13.3. The van der Waals surface area contributed by atoms with E-state index < -0.39 is 28.5 Å². The van der Waals surface area contributed by atoms with Gasteiger partial charge in [-0.15, -0.1) is 0 Å². The summed E-state index contributed by atoms with van der Waals surface area (Å²) in [5.74, 6) is -0.730. The van der Waals surface area contributed by atoms with E-state index in [1.165, 1.54) is 4.90 Å². The zero-order valence-electron chi connectivity index (χ0n) is 17.9. The summed E-state index contributed by atoms with van der Waals surface area (Å²) < 4.78 is 26.6. The average Bonchev–Trinajstić information content (AvgIpc) is 2.73. The number of carbonyl (C=O) groups excluding carboxylic acids is 2. The van der Waals surface area contributed by atoms with E-state index in [9.17, 15) is 18.0 Å². The number of carbonyl (C=O) groups is 2. The van der Waals surface area contributed by atoms with Crippen LogP contribution in [0.15, 0.2) is 59.1 Å². The van der Waals surface area contributed by atoms with Gasteiger partial charge < -0.3 is 10.2 Å². The standard InChI is InChI=1S/C22H28BrN3O4S/c1-4-24-22(28)17(2)25(15-14-18-10-6-5-7-11-18)21(27)16-26(31(3,29)30)20-13-9-8-12-19(20)23/h5-13,17H,4,14-16H2,1-3H3,(H,24,28)/t17-/m1/s1. The second-order valence-corrected chi connectivity index (χ2v) is 9.88. The Morgan fingerprint density at radius 2 is 1.68 bits per heavy atom. The highest BCUT2D eigenvalue weighted by Crippen LogP contribution is 2.27. The molecule has 0 spiro atoms. The lowest BCUT2D eigenvalue weighted by Crippen LogP contribution is -2.52. The molecule has 2 aromatic carbocycles. The van der Waals surface area contributed by atoms with E-state index in [4.69, 9.17) is 0 Å². The average molecular weight is 510 g/mol. The number of nitrogens with zero attached hydrogens (tertiary/aromatic N) is 2. The number of amides is 2. The van der Waals surface area contributed by atoms with Gasteiger partial charge in [-0.25, -0.2) is 8.42 Å². The van der Waals surface area contributed by atoms with Crippen molar-refractivity contribution in [3.05, 3.63) is 64.6 Å². The molecule has 168 valence electrons. The number of halogens is 1. The summed E-state index contributed by atoms with van der Waals surface area (Å²) in [6.45, 7) is 3.78. The van der Waals surface area contributed by atoms with Crippen molar-refractivity contribution in [1.29, 1.82) is 0 Å². The first kappa shape index (κ1) is 24.9. The third kappa shape index (κ3) is 7.07. The van der Waals surface area contributed by atoms with Gasteiger partial charge in [-0.3, -0.25) is 13.9 Å². The monoisotopic (exact) mass is 509 g/mol. The lowest BCUT2D eigenvalue weighted by Gasteiger charge is -2.31. The summed E-state index contributed by atoms with van der Waals surface area (Å²) in [7, 11) is -3.74. The number of sulfonamides is 1. The van der Waals surface area contributed by atoms with Gasteiger partial charge in [0.2, 0.25) is 21.8 Å². The SMILES string of the molecule is CCNC(=O)[C@@H](C)N(CCc1ccccc1)C(=O)CN(c1ccccc1Br)S(C)(=O)=O. The number of hydrogen-bond acceptors (Lipinski definition) is 4. The van der Waals surface area contributed by atoms with E-state index in [-0.39, 0.29) is 12.5 Å². The minimum absolute atomic E-state index is 0.282. The van der Waals surface area contributed by atoms with Crippen molar-refractivity contribution in [2.24, 2.45) is 0 Å². The van der Waals surface area contributed by atoms with E-state index >= 15 is 0 Å². The molecule has 0 aromatic heterocycles. The second-order valence-electron chi connectivity index (χ2n) is 7.11. The Balaban J connectivity index is 2.30. The zero-order chi connectivity index (χ0) is 23.0. The van der Waals surface area contributed by atoms with E-state index in [0.717, 1.165) is 16.1 Å². The number of para-hydroxylation sites is 1. The largest absolute Gasteiger partial charge is 0.355 e. The van der Waals surface area contributed by atoms with Crippen LogP contribution in [0.5, 0.6) is 0 Å². The molecule has 2 amide bonds. The first-order chi connectivity index (χ1) is 14.6. The van der Waals surface area contributed by atoms with Gasteiger partial charge in [0.1, 0.15) is 12.6 Å². The Morgan fingerprint density at radius 1 is 1.06 bits per heavy atom. The van der Waals surface area contributed by atoms with Crippen molar-refractivity contribution in [2.45, 2.75) is 26.3 Å². The first-order valence-electron chi connectivity index (χ1n) is 9.98. The number of anilines is 1. The maximum Gasteiger partial charge on any atom is 0.244 e. The Morgan fingerprint density at radius 3 is 2.26 bits per heavy atom. The van der Waals surface area contributed by atoms with Gasteiger partial charge in [0, 0.05) is 17.6 Å². The fraction of sp³-hybridized carbons (Fsp3) is 0.364. The van der Waals surface area contributed by atoms with Crippen molar-refractivity contribution in [1.82, 2.24) is 10.2 Å². The van der Waals surface area contributed by atoms with Gasteiger partial charge >= 0.3 is 0 Å². The minimum atomic E-state index is -3.74. The van der Waals surface area contributed by atoms with Gasteiger partial charge in [0.05, 0.1) is 11.9 Å². The molecule has 1 N–H and O–H groups in total. The molecule has 0 saturated carbocycles. The van der Waals surface area contributed by atoms with Crippen molar-refractivity contribution in [3.8, 4) is 0 Å². The predicted molar refractivity (Wildman–Crippen MR) is 126 cm³/mol. The van der Waals surface area contributed by atoms with Gasteiger partial charge in [0.25, 0.3) is 0 Å². The highest BCUT2D eigenvalue weighted by Gasteiger charge is 2.30. The number of hydrogen-bond donors (Lipinski definition) is 1. The summed E-state index contributed by atoms with van der Waals surface area (Å²) >= 11 is 3.36. The van der Waals surface area contributed by atoms with Crippen LogP contribution in [0.2, 0.25) is 0 Å².